The molecule has 432 valence electrons. The van der Waals surface area contributed by atoms with Crippen LogP contribution in [0, 0.1) is 40.2 Å². The number of nitrogens with one attached hydrogen (secondary N) is 1. The van der Waals surface area contributed by atoms with Gasteiger partial charge in [-0.3, -0.25) is 23.7 Å². The quantitative estimate of drug-likeness (QED) is 0.0761. The molecule has 6 heterocycles. The van der Waals surface area contributed by atoms with Crippen LogP contribution in [0.1, 0.15) is 84.8 Å². The van der Waals surface area contributed by atoms with Gasteiger partial charge in [0.15, 0.2) is 0 Å². The van der Waals surface area contributed by atoms with Crippen molar-refractivity contribution in [2.24, 2.45) is 5.92 Å². The van der Waals surface area contributed by atoms with Crippen LogP contribution < -0.4 is 20.3 Å². The van der Waals surface area contributed by atoms with Gasteiger partial charge in [-0.05, 0) is 125 Å². The van der Waals surface area contributed by atoms with E-state index in [9.17, 15) is 28.0 Å². The number of hydrogen-bond donors (Lipinski definition) is 3. The highest BCUT2D eigenvalue weighted by Crippen LogP contribution is 2.33. The normalized spacial score (nSPS) is 15.0. The average Bonchev–Trinajstić information content (AvgIpc) is 3.99. The number of benzene rings is 2. The summed E-state index contributed by atoms with van der Waals surface area (Å²) in [4.78, 5) is 61.9. The lowest BCUT2D eigenvalue weighted by Crippen LogP contribution is -2.51. The molecule has 21 nitrogen and oxygen atoms in total. The van der Waals surface area contributed by atoms with Gasteiger partial charge in [-0.2, -0.15) is 20.7 Å². The van der Waals surface area contributed by atoms with Gasteiger partial charge in [-0.1, -0.05) is 18.2 Å². The van der Waals surface area contributed by atoms with E-state index >= 15 is 0 Å². The molecule has 3 amide bonds. The van der Waals surface area contributed by atoms with E-state index in [0.717, 1.165) is 25.7 Å². The van der Waals surface area contributed by atoms with Gasteiger partial charge in [-0.15, -0.1) is 0 Å². The molecule has 0 spiro atoms. The average molecular weight is 1190 g/mol. The van der Waals surface area contributed by atoms with Gasteiger partial charge >= 0.3 is 19.2 Å². The lowest BCUT2D eigenvalue weighted by molar-refractivity contribution is -0.157. The standard InChI is InChI=1S/C28H31FN6O4.C23H26BrFN4O3.C6H8BNO3/c1-28(2,3)39-27(37)32-21-6-5-11-34(15-21)25(36)17-35-16-22(20-9-10-24(38-4)31-14-20)26(33-35)18-7-8-19(13-30)23(29)12-18;1-23(2,3)32-21(31)9-15-5-4-8-28(12-15)20(30)14-29-13-18(24)22(27-29)16-6-7-17(11-26)19(25)10-16;1-11-6-3-2-5(4-8-6)7(9)10/h7-10,12,14,16,21H,5-6,11,15,17H2,1-4H3,(H,32,37);6-7,10,13,15H,4-5,8-9,12,14H2,1-3H3;2-4,9-10H,1H3/t21-;15-;/m10./s1. The number of halogens is 3. The maximum Gasteiger partial charge on any atom is 0.490 e. The first-order valence-electron chi connectivity index (χ1n) is 26.2. The van der Waals surface area contributed by atoms with Crippen LogP contribution in [-0.2, 0) is 36.9 Å². The van der Waals surface area contributed by atoms with Crippen molar-refractivity contribution in [2.75, 3.05) is 40.4 Å². The van der Waals surface area contributed by atoms with Gasteiger partial charge in [0, 0.05) is 90.8 Å². The fourth-order valence-electron chi connectivity index (χ4n) is 8.78. The molecule has 0 radical (unpaired) electrons. The molecule has 3 N–H and O–H groups in total. The van der Waals surface area contributed by atoms with Gasteiger partial charge in [0.05, 0.1) is 36.2 Å². The van der Waals surface area contributed by atoms with Crippen LogP contribution in [0.25, 0.3) is 33.6 Å². The Morgan fingerprint density at radius 2 is 1.24 bits per heavy atom. The third kappa shape index (κ3) is 18.4. The first-order valence-corrected chi connectivity index (χ1v) is 27.0. The monoisotopic (exact) mass is 1190 g/mol. The van der Waals surface area contributed by atoms with E-state index in [-0.39, 0.29) is 54.0 Å². The molecule has 25 heteroatoms. The number of esters is 1. The van der Waals surface area contributed by atoms with Crippen LogP contribution in [0.3, 0.4) is 0 Å². The molecule has 0 bridgehead atoms. The Labute approximate surface area is 483 Å². The molecule has 4 aromatic heterocycles. The molecule has 0 aliphatic carbocycles. The summed E-state index contributed by atoms with van der Waals surface area (Å²) in [6.45, 7) is 13.0. The molecule has 2 aromatic carbocycles. The molecular weight excluding hydrogens is 1130 g/mol. The van der Waals surface area contributed by atoms with E-state index in [2.05, 4.69) is 41.4 Å². The highest BCUT2D eigenvalue weighted by Gasteiger charge is 2.30. The van der Waals surface area contributed by atoms with E-state index in [0.29, 0.717) is 87.9 Å². The Hall–Kier alpha value is -8.26. The summed E-state index contributed by atoms with van der Waals surface area (Å²) in [7, 11) is 1.55. The second-order valence-electron chi connectivity index (χ2n) is 21.3. The van der Waals surface area contributed by atoms with Crippen molar-refractivity contribution in [1.82, 2.24) is 44.6 Å². The molecule has 2 aliphatic heterocycles. The van der Waals surface area contributed by atoms with Crippen molar-refractivity contribution in [3.63, 3.8) is 0 Å². The highest BCUT2D eigenvalue weighted by molar-refractivity contribution is 9.10. The fourth-order valence-corrected chi connectivity index (χ4v) is 9.33. The van der Waals surface area contributed by atoms with Gasteiger partial charge in [0.25, 0.3) is 0 Å². The van der Waals surface area contributed by atoms with Crippen molar-refractivity contribution < 1.29 is 57.0 Å². The van der Waals surface area contributed by atoms with Gasteiger partial charge in [-0.25, -0.2) is 23.5 Å². The summed E-state index contributed by atoms with van der Waals surface area (Å²) in [6.07, 6.45) is 9.33. The summed E-state index contributed by atoms with van der Waals surface area (Å²) in [5, 5.41) is 47.2. The SMILES string of the molecule is CC(C)(C)OC(=O)C[C@@H]1CCCN(C(=O)Cn2cc(Br)c(-c3ccc(C#N)c(F)c3)n2)C1.COc1ccc(-c2cn(CC(=O)N3CCC[C@@H](NC(=O)OC(C)(C)C)C3)nc2-c2ccc(C#N)c(F)c2)cn1.COc1ccc(B(O)O)cn1. The van der Waals surface area contributed by atoms with Crippen molar-refractivity contribution in [2.45, 2.75) is 104 Å². The highest BCUT2D eigenvalue weighted by atomic mass is 79.9. The zero-order valence-corrected chi connectivity index (χ0v) is 48.4. The van der Waals surface area contributed by atoms with Gasteiger partial charge in [0.1, 0.15) is 59.5 Å². The molecule has 2 atom stereocenters. The smallest absolute Gasteiger partial charge is 0.481 e. The number of nitrogens with zero attached hydrogens (tertiary/aromatic N) is 10. The van der Waals surface area contributed by atoms with Crippen molar-refractivity contribution in [3.05, 3.63) is 113 Å². The maximum atomic E-state index is 14.5. The molecule has 82 heavy (non-hydrogen) atoms. The van der Waals surface area contributed by atoms with Crippen LogP contribution in [0.2, 0.25) is 0 Å². The van der Waals surface area contributed by atoms with Gasteiger partial charge < -0.3 is 44.1 Å². The minimum absolute atomic E-state index is 0.0366. The number of methoxy groups -OCH3 is 2. The lowest BCUT2D eigenvalue weighted by Gasteiger charge is -2.33. The zero-order valence-electron chi connectivity index (χ0n) is 46.9. The predicted molar refractivity (Wildman–Crippen MR) is 302 cm³/mol. The first kappa shape index (κ1) is 62.9. The molecule has 2 aliphatic rings. The van der Waals surface area contributed by atoms with Crippen LogP contribution in [0.15, 0.2) is 89.9 Å². The third-order valence-electron chi connectivity index (χ3n) is 12.6. The summed E-state index contributed by atoms with van der Waals surface area (Å²) in [5.41, 5.74) is 2.36. The van der Waals surface area contributed by atoms with Crippen LogP contribution >= 0.6 is 15.9 Å². The molecule has 8 rings (SSSR count). The van der Waals surface area contributed by atoms with E-state index in [1.165, 1.54) is 60.1 Å². The van der Waals surface area contributed by atoms with Crippen molar-refractivity contribution in [3.8, 4) is 57.5 Å². The first-order chi connectivity index (χ1) is 38.8. The largest absolute Gasteiger partial charge is 0.490 e. The van der Waals surface area contributed by atoms with Crippen molar-refractivity contribution >= 4 is 52.4 Å². The minimum atomic E-state index is -1.46. The number of aromatic nitrogens is 6. The van der Waals surface area contributed by atoms with Crippen LogP contribution in [0.5, 0.6) is 11.8 Å². The Morgan fingerprint density at radius 1 is 0.720 bits per heavy atom. The maximum absolute atomic E-state index is 14.5. The number of amides is 3. The number of ether oxygens (including phenoxy) is 4. The summed E-state index contributed by atoms with van der Waals surface area (Å²) in [5.74, 6) is -0.808. The van der Waals surface area contributed by atoms with Crippen LogP contribution in [-0.4, -0.2) is 138 Å². The topological polar surface area (TPSA) is 273 Å². The molecule has 2 saturated heterocycles. The van der Waals surface area contributed by atoms with Crippen molar-refractivity contribution in [1.29, 1.82) is 10.5 Å². The van der Waals surface area contributed by atoms with E-state index < -0.39 is 36.0 Å². The zero-order chi connectivity index (χ0) is 59.9. The summed E-state index contributed by atoms with van der Waals surface area (Å²) in [6, 6.07) is 18.5. The van der Waals surface area contributed by atoms with E-state index in [1.54, 1.807) is 85.6 Å². The number of piperidine rings is 2. The number of carbonyl (C=O) groups is 4. The molecule has 0 saturated carbocycles. The molecular formula is C57H65BBrF2N11O10. The Balaban J connectivity index is 0.000000225. The fraction of sp³-hybridized carbons (Fsp3) is 0.404. The Kier molecular flexibility index (Phi) is 21.8. The summed E-state index contributed by atoms with van der Waals surface area (Å²) < 4.78 is 52.8. The molecule has 6 aromatic rings. The van der Waals surface area contributed by atoms with Crippen LogP contribution in [0.4, 0.5) is 13.6 Å². The van der Waals surface area contributed by atoms with E-state index in [1.807, 2.05) is 26.8 Å². The number of nitriles is 2. The predicted octanol–water partition coefficient (Wildman–Crippen LogP) is 7.21. The number of pyridine rings is 2. The second-order valence-corrected chi connectivity index (χ2v) is 22.1. The number of hydrogen-bond acceptors (Lipinski definition) is 16. The molecule has 0 unspecified atom stereocenters. The lowest BCUT2D eigenvalue weighted by atomic mass is 9.82. The second kappa shape index (κ2) is 28.4. The number of likely N-dealkylation sites (tertiary alicyclic amines) is 2. The minimum Gasteiger partial charge on any atom is -0.481 e. The number of alkyl carbamates (subject to hydrolysis) is 1. The van der Waals surface area contributed by atoms with E-state index in [4.69, 9.17) is 39.5 Å². The third-order valence-corrected chi connectivity index (χ3v) is 13.1. The van der Waals surface area contributed by atoms with Gasteiger partial charge in [0.2, 0.25) is 23.6 Å². The number of rotatable bonds is 13. The Morgan fingerprint density at radius 3 is 1.76 bits per heavy atom. The number of carbonyl (C=O) groups excluding carboxylic acids is 4. The molecule has 2 fully saturated rings. The summed E-state index contributed by atoms with van der Waals surface area (Å²) >= 11 is 3.41. The Bertz CT molecular complexity index is 3280.